The monoisotopic (exact) mass is 342 g/mol. The Morgan fingerprint density at radius 1 is 1.12 bits per heavy atom. The van der Waals surface area contributed by atoms with Gasteiger partial charge >= 0.3 is 5.97 Å². The van der Waals surface area contributed by atoms with Crippen molar-refractivity contribution >= 4 is 22.6 Å². The molecule has 1 amide bonds. The first kappa shape index (κ1) is 18.9. The number of methoxy groups -OCH3 is 1. The van der Waals surface area contributed by atoms with Gasteiger partial charge in [0.2, 0.25) is 5.91 Å². The molecular weight excluding hydrogens is 316 g/mol. The summed E-state index contributed by atoms with van der Waals surface area (Å²) >= 11 is 0. The van der Waals surface area contributed by atoms with E-state index in [0.717, 1.165) is 16.3 Å². The molecule has 0 fully saturated rings. The van der Waals surface area contributed by atoms with Crippen molar-refractivity contribution in [2.75, 3.05) is 7.11 Å². The summed E-state index contributed by atoms with van der Waals surface area (Å²) < 4.78 is 4.77. The average molecular weight is 342 g/mol. The smallest absolute Gasteiger partial charge is 0.328 e. The Morgan fingerprint density at radius 2 is 1.80 bits per heavy atom. The summed E-state index contributed by atoms with van der Waals surface area (Å²) in [5.41, 5.74) is 7.04. The quantitative estimate of drug-likeness (QED) is 0.757. The van der Waals surface area contributed by atoms with Gasteiger partial charge in [-0.05, 0) is 35.1 Å². The van der Waals surface area contributed by atoms with E-state index in [0.29, 0.717) is 12.8 Å². The van der Waals surface area contributed by atoms with E-state index in [9.17, 15) is 9.59 Å². The molecule has 5 nitrogen and oxygen atoms in total. The summed E-state index contributed by atoms with van der Waals surface area (Å²) in [6, 6.07) is 12.7. The second kappa shape index (κ2) is 8.62. The minimum atomic E-state index is -0.722. The Bertz CT molecular complexity index is 743. The van der Waals surface area contributed by atoms with Gasteiger partial charge in [-0.2, -0.15) is 0 Å². The zero-order valence-corrected chi connectivity index (χ0v) is 15.0. The van der Waals surface area contributed by atoms with E-state index >= 15 is 0 Å². The van der Waals surface area contributed by atoms with Crippen molar-refractivity contribution in [1.29, 1.82) is 0 Å². The number of nitrogens with two attached hydrogens (primary N) is 1. The van der Waals surface area contributed by atoms with Crippen LogP contribution in [-0.2, 0) is 20.7 Å². The highest BCUT2D eigenvalue weighted by molar-refractivity contribution is 5.88. The molecule has 0 unspecified atom stereocenters. The van der Waals surface area contributed by atoms with Crippen LogP contribution >= 0.6 is 0 Å². The molecule has 0 aromatic heterocycles. The number of nitrogens with one attached hydrogen (secondary N) is 1. The zero-order chi connectivity index (χ0) is 18.4. The average Bonchev–Trinajstić information content (AvgIpc) is 2.59. The Hall–Kier alpha value is -2.40. The zero-order valence-electron chi connectivity index (χ0n) is 15.0. The van der Waals surface area contributed by atoms with Gasteiger partial charge in [-0.3, -0.25) is 4.79 Å². The van der Waals surface area contributed by atoms with E-state index in [1.807, 2.05) is 56.3 Å². The SMILES string of the molecule is COC(=O)[C@H](CC(C)C)NC(=O)[C@H](N)Cc1ccc2ccccc2c1. The summed E-state index contributed by atoms with van der Waals surface area (Å²) in [6.45, 7) is 3.97. The first-order chi connectivity index (χ1) is 11.9. The molecule has 5 heteroatoms. The number of ether oxygens (including phenoxy) is 1. The Morgan fingerprint density at radius 3 is 2.44 bits per heavy atom. The molecular formula is C20H26N2O3. The number of amides is 1. The van der Waals surface area contributed by atoms with Crippen LogP contribution in [0.5, 0.6) is 0 Å². The van der Waals surface area contributed by atoms with Crippen LogP contribution in [-0.4, -0.2) is 31.1 Å². The molecule has 0 aliphatic rings. The first-order valence-electron chi connectivity index (χ1n) is 8.52. The summed E-state index contributed by atoms with van der Waals surface area (Å²) in [4.78, 5) is 24.2. The summed E-state index contributed by atoms with van der Waals surface area (Å²) in [5, 5.41) is 4.97. The van der Waals surface area contributed by atoms with Crippen LogP contribution in [0.25, 0.3) is 10.8 Å². The second-order valence-electron chi connectivity index (χ2n) is 6.71. The molecule has 2 rings (SSSR count). The van der Waals surface area contributed by atoms with Crippen LogP contribution in [0, 0.1) is 5.92 Å². The fourth-order valence-corrected chi connectivity index (χ4v) is 2.82. The van der Waals surface area contributed by atoms with E-state index < -0.39 is 18.1 Å². The molecule has 0 bridgehead atoms. The molecule has 0 aliphatic carbocycles. The van der Waals surface area contributed by atoms with Crippen LogP contribution in [0.15, 0.2) is 42.5 Å². The predicted molar refractivity (Wildman–Crippen MR) is 99.0 cm³/mol. The van der Waals surface area contributed by atoms with Crippen molar-refractivity contribution in [2.45, 2.75) is 38.8 Å². The van der Waals surface area contributed by atoms with Gasteiger partial charge in [0.05, 0.1) is 13.2 Å². The lowest BCUT2D eigenvalue weighted by Crippen LogP contribution is -2.49. The van der Waals surface area contributed by atoms with E-state index in [1.54, 1.807) is 0 Å². The maximum absolute atomic E-state index is 12.4. The van der Waals surface area contributed by atoms with Crippen LogP contribution in [0.3, 0.4) is 0 Å². The van der Waals surface area contributed by atoms with Gasteiger partial charge in [-0.1, -0.05) is 56.3 Å². The normalized spacial score (nSPS) is 13.5. The van der Waals surface area contributed by atoms with Gasteiger partial charge in [-0.25, -0.2) is 4.79 Å². The van der Waals surface area contributed by atoms with Gasteiger partial charge in [0.25, 0.3) is 0 Å². The lowest BCUT2D eigenvalue weighted by molar-refractivity contribution is -0.145. The molecule has 0 saturated carbocycles. The van der Waals surface area contributed by atoms with Crippen molar-refractivity contribution in [2.24, 2.45) is 11.7 Å². The van der Waals surface area contributed by atoms with Gasteiger partial charge in [0.15, 0.2) is 0 Å². The van der Waals surface area contributed by atoms with Gasteiger partial charge in [0, 0.05) is 0 Å². The lowest BCUT2D eigenvalue weighted by Gasteiger charge is -2.20. The van der Waals surface area contributed by atoms with E-state index in [4.69, 9.17) is 10.5 Å². The molecule has 2 aromatic rings. The number of rotatable bonds is 7. The summed E-state index contributed by atoms with van der Waals surface area (Å²) in [5.74, 6) is -0.537. The third-order valence-electron chi connectivity index (χ3n) is 4.12. The number of fused-ring (bicyclic) bond motifs is 1. The van der Waals surface area contributed by atoms with E-state index in [-0.39, 0.29) is 11.8 Å². The molecule has 2 aromatic carbocycles. The number of carbonyl (C=O) groups excluding carboxylic acids is 2. The molecule has 3 N–H and O–H groups in total. The van der Waals surface area contributed by atoms with Gasteiger partial charge < -0.3 is 15.8 Å². The van der Waals surface area contributed by atoms with E-state index in [2.05, 4.69) is 5.32 Å². The van der Waals surface area contributed by atoms with Crippen molar-refractivity contribution in [3.8, 4) is 0 Å². The Kier molecular flexibility index (Phi) is 6.53. The molecule has 134 valence electrons. The maximum atomic E-state index is 12.4. The number of hydrogen-bond acceptors (Lipinski definition) is 4. The molecule has 0 radical (unpaired) electrons. The van der Waals surface area contributed by atoms with Crippen molar-refractivity contribution in [3.63, 3.8) is 0 Å². The van der Waals surface area contributed by atoms with Crippen LogP contribution in [0.4, 0.5) is 0 Å². The Balaban J connectivity index is 2.03. The number of hydrogen-bond donors (Lipinski definition) is 2. The third-order valence-corrected chi connectivity index (χ3v) is 4.12. The third kappa shape index (κ3) is 5.29. The van der Waals surface area contributed by atoms with Crippen molar-refractivity contribution < 1.29 is 14.3 Å². The minimum absolute atomic E-state index is 0.251. The van der Waals surface area contributed by atoms with Gasteiger partial charge in [-0.15, -0.1) is 0 Å². The lowest BCUT2D eigenvalue weighted by atomic mass is 10.0. The fourth-order valence-electron chi connectivity index (χ4n) is 2.82. The molecule has 0 aliphatic heterocycles. The van der Waals surface area contributed by atoms with Crippen molar-refractivity contribution in [1.82, 2.24) is 5.32 Å². The highest BCUT2D eigenvalue weighted by Gasteiger charge is 2.25. The number of benzene rings is 2. The Labute approximate surface area is 148 Å². The molecule has 0 spiro atoms. The molecule has 0 heterocycles. The minimum Gasteiger partial charge on any atom is -0.467 e. The standard InChI is InChI=1S/C20H26N2O3/c1-13(2)10-18(20(24)25-3)22-19(23)17(21)12-14-8-9-15-6-4-5-7-16(15)11-14/h4-9,11,13,17-18H,10,12,21H2,1-3H3,(H,22,23)/t17-,18+/m1/s1. The topological polar surface area (TPSA) is 81.4 Å². The van der Waals surface area contributed by atoms with Crippen LogP contribution in [0.1, 0.15) is 25.8 Å². The largest absolute Gasteiger partial charge is 0.467 e. The number of esters is 1. The van der Waals surface area contributed by atoms with Gasteiger partial charge in [0.1, 0.15) is 6.04 Å². The molecule has 25 heavy (non-hydrogen) atoms. The van der Waals surface area contributed by atoms with Crippen LogP contribution < -0.4 is 11.1 Å². The summed E-state index contributed by atoms with van der Waals surface area (Å²) in [6.07, 6.45) is 0.924. The highest BCUT2D eigenvalue weighted by atomic mass is 16.5. The predicted octanol–water partition coefficient (Wildman–Crippen LogP) is 2.41. The highest BCUT2D eigenvalue weighted by Crippen LogP contribution is 2.16. The van der Waals surface area contributed by atoms with Crippen LogP contribution in [0.2, 0.25) is 0 Å². The molecule has 0 saturated heterocycles. The number of carbonyl (C=O) groups is 2. The maximum Gasteiger partial charge on any atom is 0.328 e. The first-order valence-corrected chi connectivity index (χ1v) is 8.52. The van der Waals surface area contributed by atoms with Crippen molar-refractivity contribution in [3.05, 3.63) is 48.0 Å². The van der Waals surface area contributed by atoms with E-state index in [1.165, 1.54) is 7.11 Å². The second-order valence-corrected chi connectivity index (χ2v) is 6.71. The summed E-state index contributed by atoms with van der Waals surface area (Å²) in [7, 11) is 1.32. The molecule has 2 atom stereocenters. The fraction of sp³-hybridized carbons (Fsp3) is 0.400.